The van der Waals surface area contributed by atoms with Crippen LogP contribution < -0.4 is 0 Å². The van der Waals surface area contributed by atoms with Gasteiger partial charge in [-0.1, -0.05) is 47.5 Å². The topological polar surface area (TPSA) is 17.1 Å². The Morgan fingerprint density at radius 2 is 2.00 bits per heavy atom. The van der Waals surface area contributed by atoms with Crippen LogP contribution in [-0.2, 0) is 4.79 Å². The summed E-state index contributed by atoms with van der Waals surface area (Å²) in [5.74, 6) is 2.34. The van der Waals surface area contributed by atoms with E-state index in [9.17, 15) is 4.79 Å². The lowest BCUT2D eigenvalue weighted by Crippen LogP contribution is -2.32. The lowest BCUT2D eigenvalue weighted by atomic mass is 9.67. The van der Waals surface area contributed by atoms with Crippen LogP contribution >= 0.6 is 0 Å². The predicted octanol–water partition coefficient (Wildman–Crippen LogP) is 4.84. The van der Waals surface area contributed by atoms with Gasteiger partial charge in [-0.2, -0.15) is 0 Å². The van der Waals surface area contributed by atoms with Crippen molar-refractivity contribution in [3.63, 3.8) is 0 Å². The molecule has 0 radical (unpaired) electrons. The van der Waals surface area contributed by atoms with Crippen molar-refractivity contribution in [3.05, 3.63) is 0 Å². The van der Waals surface area contributed by atoms with E-state index in [4.69, 9.17) is 0 Å². The molecule has 17 heavy (non-hydrogen) atoms. The molecule has 1 saturated carbocycles. The lowest BCUT2D eigenvalue weighted by Gasteiger charge is -2.37. The molecule has 0 spiro atoms. The number of Topliss-reactive ketones (excluding diaryl/α,β-unsaturated/α-hetero) is 1. The Bertz CT molecular complexity index is 249. The molecule has 0 aromatic rings. The molecule has 0 aliphatic heterocycles. The maximum Gasteiger partial charge on any atom is 0.136 e. The first-order valence-corrected chi connectivity index (χ1v) is 7.37. The highest BCUT2D eigenvalue weighted by molar-refractivity contribution is 5.81. The van der Waals surface area contributed by atoms with Crippen LogP contribution in [0.15, 0.2) is 0 Å². The highest BCUT2D eigenvalue weighted by Gasteiger charge is 2.35. The van der Waals surface area contributed by atoms with Crippen molar-refractivity contribution in [1.29, 1.82) is 0 Å². The van der Waals surface area contributed by atoms with Gasteiger partial charge in [-0.05, 0) is 36.5 Å². The Balaban J connectivity index is 2.55. The largest absolute Gasteiger partial charge is 0.299 e. The van der Waals surface area contributed by atoms with Gasteiger partial charge in [-0.3, -0.25) is 4.79 Å². The van der Waals surface area contributed by atoms with Gasteiger partial charge in [-0.15, -0.1) is 0 Å². The van der Waals surface area contributed by atoms with E-state index in [0.29, 0.717) is 23.0 Å². The molecule has 0 aromatic carbocycles. The molecule has 1 heteroatoms. The first-order chi connectivity index (χ1) is 7.84. The van der Waals surface area contributed by atoms with E-state index in [0.717, 1.165) is 31.6 Å². The fourth-order valence-electron chi connectivity index (χ4n) is 3.22. The first-order valence-electron chi connectivity index (χ1n) is 7.37. The summed E-state index contributed by atoms with van der Waals surface area (Å²) >= 11 is 0. The third-order valence-corrected chi connectivity index (χ3v) is 4.46. The molecule has 0 amide bonds. The molecule has 0 heterocycles. The van der Waals surface area contributed by atoms with E-state index in [1.54, 1.807) is 0 Å². The average Bonchev–Trinajstić information content (AvgIpc) is 2.20. The minimum absolute atomic E-state index is 0.356. The van der Waals surface area contributed by atoms with Crippen molar-refractivity contribution in [3.8, 4) is 0 Å². The molecule has 1 nitrogen and oxygen atoms in total. The van der Waals surface area contributed by atoms with Crippen LogP contribution in [0.3, 0.4) is 0 Å². The van der Waals surface area contributed by atoms with Crippen molar-refractivity contribution < 1.29 is 4.79 Å². The van der Waals surface area contributed by atoms with E-state index >= 15 is 0 Å². The molecule has 0 aromatic heterocycles. The van der Waals surface area contributed by atoms with Crippen molar-refractivity contribution in [2.45, 2.75) is 73.1 Å². The predicted molar refractivity (Wildman–Crippen MR) is 74.0 cm³/mol. The minimum atomic E-state index is 0.356. The van der Waals surface area contributed by atoms with E-state index in [1.165, 1.54) is 12.8 Å². The standard InChI is InChI=1S/C16H30O/c1-6-7-12(2)10-13-11-14(16(3,4)5)8-9-15(13)17/h12-14H,6-11H2,1-5H3. The van der Waals surface area contributed by atoms with Gasteiger partial charge >= 0.3 is 0 Å². The smallest absolute Gasteiger partial charge is 0.136 e. The highest BCUT2D eigenvalue weighted by Crippen LogP contribution is 2.40. The Hall–Kier alpha value is -0.330. The fourth-order valence-corrected chi connectivity index (χ4v) is 3.22. The van der Waals surface area contributed by atoms with Gasteiger partial charge in [0.25, 0.3) is 0 Å². The van der Waals surface area contributed by atoms with Gasteiger partial charge in [0.15, 0.2) is 0 Å². The van der Waals surface area contributed by atoms with Gasteiger partial charge in [-0.25, -0.2) is 0 Å². The molecular formula is C16H30O. The Labute approximate surface area is 107 Å². The molecule has 3 atom stereocenters. The van der Waals surface area contributed by atoms with Gasteiger partial charge in [0.1, 0.15) is 5.78 Å². The van der Waals surface area contributed by atoms with Crippen LogP contribution in [0.25, 0.3) is 0 Å². The zero-order valence-electron chi connectivity index (χ0n) is 12.4. The van der Waals surface area contributed by atoms with E-state index in [1.807, 2.05) is 0 Å². The van der Waals surface area contributed by atoms with Gasteiger partial charge in [0.2, 0.25) is 0 Å². The summed E-state index contributed by atoms with van der Waals surface area (Å²) in [6.45, 7) is 11.5. The van der Waals surface area contributed by atoms with Crippen molar-refractivity contribution in [2.24, 2.45) is 23.2 Å². The fraction of sp³-hybridized carbons (Fsp3) is 0.938. The maximum absolute atomic E-state index is 12.0. The van der Waals surface area contributed by atoms with Gasteiger partial charge in [0.05, 0.1) is 0 Å². The summed E-state index contributed by atoms with van der Waals surface area (Å²) in [6, 6.07) is 0. The molecule has 1 aliphatic carbocycles. The summed E-state index contributed by atoms with van der Waals surface area (Å²) in [5.41, 5.74) is 0.368. The van der Waals surface area contributed by atoms with Crippen LogP contribution in [0.2, 0.25) is 0 Å². The molecule has 100 valence electrons. The van der Waals surface area contributed by atoms with Gasteiger partial charge in [0, 0.05) is 12.3 Å². The van der Waals surface area contributed by atoms with E-state index < -0.39 is 0 Å². The Morgan fingerprint density at radius 3 is 2.53 bits per heavy atom. The number of hydrogen-bond acceptors (Lipinski definition) is 1. The second-order valence-electron chi connectivity index (χ2n) is 7.13. The normalized spacial score (nSPS) is 28.2. The first kappa shape index (κ1) is 14.7. The molecular weight excluding hydrogens is 208 g/mol. The minimum Gasteiger partial charge on any atom is -0.299 e. The molecule has 0 saturated heterocycles. The second kappa shape index (κ2) is 6.02. The Kier molecular flexibility index (Phi) is 5.22. The molecule has 1 fully saturated rings. The van der Waals surface area contributed by atoms with Crippen LogP contribution in [0.1, 0.15) is 73.1 Å². The molecule has 1 aliphatic rings. The number of rotatable bonds is 4. The monoisotopic (exact) mass is 238 g/mol. The van der Waals surface area contributed by atoms with Crippen LogP contribution in [0, 0.1) is 23.2 Å². The highest BCUT2D eigenvalue weighted by atomic mass is 16.1. The number of carbonyl (C=O) groups excluding carboxylic acids is 1. The van der Waals surface area contributed by atoms with E-state index in [2.05, 4.69) is 34.6 Å². The van der Waals surface area contributed by atoms with Gasteiger partial charge < -0.3 is 0 Å². The van der Waals surface area contributed by atoms with Crippen molar-refractivity contribution >= 4 is 5.78 Å². The SMILES string of the molecule is CCCC(C)CC1CC(C(C)(C)C)CCC1=O. The van der Waals surface area contributed by atoms with Crippen LogP contribution in [0.5, 0.6) is 0 Å². The molecule has 0 bridgehead atoms. The Morgan fingerprint density at radius 1 is 1.35 bits per heavy atom. The third kappa shape index (κ3) is 4.44. The van der Waals surface area contributed by atoms with Crippen molar-refractivity contribution in [1.82, 2.24) is 0 Å². The zero-order chi connectivity index (χ0) is 13.1. The molecule has 3 unspecified atom stereocenters. The third-order valence-electron chi connectivity index (χ3n) is 4.46. The lowest BCUT2D eigenvalue weighted by molar-refractivity contribution is -0.127. The number of hydrogen-bond donors (Lipinski definition) is 0. The summed E-state index contributed by atoms with van der Waals surface area (Å²) in [4.78, 5) is 12.0. The summed E-state index contributed by atoms with van der Waals surface area (Å²) in [7, 11) is 0. The molecule has 1 rings (SSSR count). The number of carbonyl (C=O) groups is 1. The molecule has 0 N–H and O–H groups in total. The van der Waals surface area contributed by atoms with Crippen molar-refractivity contribution in [2.75, 3.05) is 0 Å². The zero-order valence-corrected chi connectivity index (χ0v) is 12.4. The quantitative estimate of drug-likeness (QED) is 0.684. The average molecular weight is 238 g/mol. The number of ketones is 1. The van der Waals surface area contributed by atoms with Crippen LogP contribution in [0.4, 0.5) is 0 Å². The second-order valence-corrected chi connectivity index (χ2v) is 7.13. The summed E-state index contributed by atoms with van der Waals surface area (Å²) < 4.78 is 0. The van der Waals surface area contributed by atoms with E-state index in [-0.39, 0.29) is 0 Å². The summed E-state index contributed by atoms with van der Waals surface area (Å²) in [5, 5.41) is 0. The van der Waals surface area contributed by atoms with Crippen LogP contribution in [-0.4, -0.2) is 5.78 Å². The summed E-state index contributed by atoms with van der Waals surface area (Å²) in [6.07, 6.45) is 6.71. The maximum atomic E-state index is 12.0.